The second kappa shape index (κ2) is 7.47. The number of ether oxygens (including phenoxy) is 2. The maximum Gasteiger partial charge on any atom is 0.129 e. The Morgan fingerprint density at radius 2 is 2.14 bits per heavy atom. The third-order valence-corrected chi connectivity index (χ3v) is 6.06. The monoisotopic (exact) mass is 391 g/mol. The molecule has 1 aliphatic heterocycles. The zero-order valence-corrected chi connectivity index (χ0v) is 17.2. The van der Waals surface area contributed by atoms with Crippen molar-refractivity contribution in [3.05, 3.63) is 48.9 Å². The standard InChI is InChI=1S/C24H29N3O2/c1-24(2)16-25-13-20(29-24)15-28-23-12-18(11-22-21(23)7-4-9-26-22)17-8-10-27(14-17)19-5-3-6-19/h4,7-12,14,19-20,25H,3,5-6,13,15-16H2,1-2H3/t20-/m0/s1. The normalized spacial score (nSPS) is 21.8. The van der Waals surface area contributed by atoms with Crippen molar-refractivity contribution >= 4 is 10.9 Å². The van der Waals surface area contributed by atoms with E-state index in [1.807, 2.05) is 12.3 Å². The number of pyridine rings is 1. The molecule has 1 atom stereocenters. The molecule has 0 radical (unpaired) electrons. The average molecular weight is 392 g/mol. The van der Waals surface area contributed by atoms with Gasteiger partial charge in [0.05, 0.1) is 11.1 Å². The lowest BCUT2D eigenvalue weighted by Crippen LogP contribution is -2.52. The van der Waals surface area contributed by atoms with Gasteiger partial charge in [-0.1, -0.05) is 0 Å². The quantitative estimate of drug-likeness (QED) is 0.692. The van der Waals surface area contributed by atoms with Crippen molar-refractivity contribution in [2.75, 3.05) is 19.7 Å². The molecule has 0 amide bonds. The first kappa shape index (κ1) is 18.6. The van der Waals surface area contributed by atoms with E-state index < -0.39 is 0 Å². The molecule has 0 bridgehead atoms. The van der Waals surface area contributed by atoms with Crippen LogP contribution in [0.2, 0.25) is 0 Å². The van der Waals surface area contributed by atoms with Crippen LogP contribution in [0.3, 0.4) is 0 Å². The van der Waals surface area contributed by atoms with E-state index in [1.54, 1.807) is 0 Å². The topological polar surface area (TPSA) is 48.3 Å². The van der Waals surface area contributed by atoms with Gasteiger partial charge < -0.3 is 19.4 Å². The molecular weight excluding hydrogens is 362 g/mol. The highest BCUT2D eigenvalue weighted by Gasteiger charge is 2.28. The van der Waals surface area contributed by atoms with Crippen molar-refractivity contribution in [1.29, 1.82) is 0 Å². The lowest BCUT2D eigenvalue weighted by atomic mass is 9.93. The van der Waals surface area contributed by atoms with Crippen molar-refractivity contribution < 1.29 is 9.47 Å². The number of morpholine rings is 1. The molecule has 1 saturated carbocycles. The molecule has 1 aliphatic carbocycles. The van der Waals surface area contributed by atoms with Gasteiger partial charge in [-0.3, -0.25) is 4.98 Å². The van der Waals surface area contributed by atoms with Crippen molar-refractivity contribution in [3.8, 4) is 16.9 Å². The fourth-order valence-electron chi connectivity index (χ4n) is 4.28. The zero-order chi connectivity index (χ0) is 19.8. The summed E-state index contributed by atoms with van der Waals surface area (Å²) in [7, 11) is 0. The Morgan fingerprint density at radius 1 is 1.24 bits per heavy atom. The van der Waals surface area contributed by atoms with Crippen LogP contribution < -0.4 is 10.1 Å². The molecule has 1 saturated heterocycles. The van der Waals surface area contributed by atoms with Crippen LogP contribution in [-0.4, -0.2) is 41.0 Å². The van der Waals surface area contributed by atoms with Gasteiger partial charge >= 0.3 is 0 Å². The number of fused-ring (bicyclic) bond motifs is 1. The zero-order valence-electron chi connectivity index (χ0n) is 17.2. The highest BCUT2D eigenvalue weighted by molar-refractivity contribution is 5.90. The maximum absolute atomic E-state index is 6.29. The van der Waals surface area contributed by atoms with Crippen LogP contribution >= 0.6 is 0 Å². The van der Waals surface area contributed by atoms with Gasteiger partial charge in [-0.2, -0.15) is 0 Å². The van der Waals surface area contributed by atoms with Gasteiger partial charge in [0.1, 0.15) is 18.5 Å². The maximum atomic E-state index is 6.29. The van der Waals surface area contributed by atoms with Crippen LogP contribution in [-0.2, 0) is 4.74 Å². The molecule has 2 aliphatic rings. The molecule has 3 aromatic rings. The van der Waals surface area contributed by atoms with Crippen LogP contribution in [0.25, 0.3) is 22.0 Å². The molecule has 29 heavy (non-hydrogen) atoms. The number of hydrogen-bond acceptors (Lipinski definition) is 4. The van der Waals surface area contributed by atoms with Crippen molar-refractivity contribution in [1.82, 2.24) is 14.9 Å². The predicted molar refractivity (Wildman–Crippen MR) is 115 cm³/mol. The minimum absolute atomic E-state index is 0.0360. The van der Waals surface area contributed by atoms with Crippen molar-refractivity contribution in [2.45, 2.75) is 50.9 Å². The van der Waals surface area contributed by atoms with E-state index in [0.717, 1.165) is 35.3 Å². The van der Waals surface area contributed by atoms with Gasteiger partial charge in [0, 0.05) is 43.1 Å². The van der Waals surface area contributed by atoms with E-state index in [2.05, 4.69) is 65.4 Å². The van der Waals surface area contributed by atoms with E-state index in [9.17, 15) is 0 Å². The van der Waals surface area contributed by atoms with E-state index in [0.29, 0.717) is 12.6 Å². The largest absolute Gasteiger partial charge is 0.490 e. The summed E-state index contributed by atoms with van der Waals surface area (Å²) in [6.07, 6.45) is 10.2. The summed E-state index contributed by atoms with van der Waals surface area (Å²) in [5.74, 6) is 0.869. The summed E-state index contributed by atoms with van der Waals surface area (Å²) in [6.45, 7) is 6.41. The molecular formula is C24H29N3O2. The minimum atomic E-state index is -0.164. The van der Waals surface area contributed by atoms with Crippen LogP contribution in [0.5, 0.6) is 5.75 Å². The Bertz CT molecular complexity index is 1010. The van der Waals surface area contributed by atoms with E-state index in [4.69, 9.17) is 9.47 Å². The summed E-state index contributed by atoms with van der Waals surface area (Å²) in [6, 6.07) is 11.2. The molecule has 2 aromatic heterocycles. The molecule has 1 N–H and O–H groups in total. The van der Waals surface area contributed by atoms with Crippen LogP contribution in [0.4, 0.5) is 0 Å². The second-order valence-corrected chi connectivity index (χ2v) is 8.92. The number of rotatable bonds is 5. The van der Waals surface area contributed by atoms with Crippen LogP contribution in [0, 0.1) is 0 Å². The fraction of sp³-hybridized carbons (Fsp3) is 0.458. The average Bonchev–Trinajstić information content (AvgIpc) is 3.13. The highest BCUT2D eigenvalue weighted by Crippen LogP contribution is 2.36. The molecule has 5 nitrogen and oxygen atoms in total. The number of hydrogen-bond donors (Lipinski definition) is 1. The highest BCUT2D eigenvalue weighted by atomic mass is 16.5. The lowest BCUT2D eigenvalue weighted by Gasteiger charge is -2.36. The van der Waals surface area contributed by atoms with Gasteiger partial charge in [0.15, 0.2) is 0 Å². The third kappa shape index (κ3) is 3.89. The number of nitrogens with zero attached hydrogens (tertiary/aromatic N) is 2. The Hall–Kier alpha value is -2.37. The summed E-state index contributed by atoms with van der Waals surface area (Å²) in [4.78, 5) is 4.58. The van der Waals surface area contributed by atoms with E-state index in [1.165, 1.54) is 24.8 Å². The number of nitrogens with one attached hydrogen (secondary N) is 1. The molecule has 152 valence electrons. The number of benzene rings is 1. The first-order valence-electron chi connectivity index (χ1n) is 10.7. The van der Waals surface area contributed by atoms with Gasteiger partial charge in [-0.25, -0.2) is 0 Å². The Balaban J connectivity index is 1.42. The Morgan fingerprint density at radius 3 is 2.93 bits per heavy atom. The van der Waals surface area contributed by atoms with Gasteiger partial charge in [0.25, 0.3) is 0 Å². The smallest absolute Gasteiger partial charge is 0.129 e. The fourth-order valence-corrected chi connectivity index (χ4v) is 4.28. The van der Waals surface area contributed by atoms with Crippen LogP contribution in [0.15, 0.2) is 48.9 Å². The molecule has 3 heterocycles. The third-order valence-electron chi connectivity index (χ3n) is 6.06. The molecule has 1 aromatic carbocycles. The summed E-state index contributed by atoms with van der Waals surface area (Å²) in [5.41, 5.74) is 3.15. The first-order valence-corrected chi connectivity index (χ1v) is 10.7. The predicted octanol–water partition coefficient (Wildman–Crippen LogP) is 4.57. The molecule has 2 fully saturated rings. The summed E-state index contributed by atoms with van der Waals surface area (Å²) >= 11 is 0. The van der Waals surface area contributed by atoms with Gasteiger partial charge in [-0.15, -0.1) is 0 Å². The number of aromatic nitrogens is 2. The second-order valence-electron chi connectivity index (χ2n) is 8.92. The molecule has 0 spiro atoms. The molecule has 5 heteroatoms. The summed E-state index contributed by atoms with van der Waals surface area (Å²) in [5, 5.41) is 4.48. The van der Waals surface area contributed by atoms with Gasteiger partial charge in [-0.05, 0) is 74.6 Å². The minimum Gasteiger partial charge on any atom is -0.490 e. The van der Waals surface area contributed by atoms with Gasteiger partial charge in [0.2, 0.25) is 0 Å². The SMILES string of the molecule is CC1(C)CNC[C@@H](COc2cc(-c3ccn(C4CCC4)c3)cc3ncccc23)O1. The van der Waals surface area contributed by atoms with Crippen molar-refractivity contribution in [2.24, 2.45) is 0 Å². The Kier molecular flexibility index (Phi) is 4.80. The Labute approximate surface area is 172 Å². The molecule has 0 unspecified atom stereocenters. The molecule has 5 rings (SSSR count). The first-order chi connectivity index (χ1) is 14.1. The van der Waals surface area contributed by atoms with Crippen molar-refractivity contribution in [3.63, 3.8) is 0 Å². The van der Waals surface area contributed by atoms with E-state index >= 15 is 0 Å². The van der Waals surface area contributed by atoms with Crippen LogP contribution in [0.1, 0.15) is 39.2 Å². The van der Waals surface area contributed by atoms with E-state index in [-0.39, 0.29) is 11.7 Å². The lowest BCUT2D eigenvalue weighted by molar-refractivity contribution is -0.106. The summed E-state index contributed by atoms with van der Waals surface area (Å²) < 4.78 is 14.8.